The van der Waals surface area contributed by atoms with Crippen LogP contribution in [0.2, 0.25) is 0 Å². The van der Waals surface area contributed by atoms with Gasteiger partial charge in [0.15, 0.2) is 0 Å². The molecule has 1 fully saturated rings. The van der Waals surface area contributed by atoms with Gasteiger partial charge < -0.3 is 10.1 Å². The summed E-state index contributed by atoms with van der Waals surface area (Å²) in [6.07, 6.45) is 0. The summed E-state index contributed by atoms with van der Waals surface area (Å²) < 4.78 is 5.01. The fourth-order valence-electron chi connectivity index (χ4n) is 0.516. The Balaban J connectivity index is 0.000000360. The van der Waals surface area contributed by atoms with Crippen molar-refractivity contribution >= 4 is 23.7 Å². The summed E-state index contributed by atoms with van der Waals surface area (Å²) in [7, 11) is 0. The molecule has 0 unspecified atom stereocenters. The van der Waals surface area contributed by atoms with E-state index >= 15 is 0 Å². The van der Waals surface area contributed by atoms with Gasteiger partial charge in [0.05, 0.1) is 13.2 Å². The summed E-state index contributed by atoms with van der Waals surface area (Å²) in [6, 6.07) is 0. The molecule has 0 aliphatic carbocycles. The zero-order valence-corrected chi connectivity index (χ0v) is 7.09. The normalized spacial score (nSPS) is 20.6. The predicted molar refractivity (Wildman–Crippen MR) is 32.2 cm³/mol. The van der Waals surface area contributed by atoms with Crippen molar-refractivity contribution in [3.8, 4) is 0 Å². The van der Waals surface area contributed by atoms with E-state index in [9.17, 15) is 0 Å². The molecule has 0 aromatic carbocycles. The van der Waals surface area contributed by atoms with Crippen LogP contribution in [-0.2, 0) is 4.74 Å². The van der Waals surface area contributed by atoms with Crippen molar-refractivity contribution in [1.29, 1.82) is 0 Å². The van der Waals surface area contributed by atoms with Crippen molar-refractivity contribution in [3.05, 3.63) is 0 Å². The van der Waals surface area contributed by atoms with Gasteiger partial charge in [-0.1, -0.05) is 0 Å². The SMILES string of the molecule is C1COCCN1.[TeH2]. The maximum atomic E-state index is 5.01. The second kappa shape index (κ2) is 4.86. The van der Waals surface area contributed by atoms with Gasteiger partial charge in [-0.15, -0.1) is 0 Å². The van der Waals surface area contributed by atoms with Crippen LogP contribution >= 0.6 is 0 Å². The summed E-state index contributed by atoms with van der Waals surface area (Å²) in [5.74, 6) is 0. The van der Waals surface area contributed by atoms with Gasteiger partial charge in [0.2, 0.25) is 0 Å². The Bertz CT molecular complexity index is 27.2. The van der Waals surface area contributed by atoms with Crippen molar-refractivity contribution in [3.63, 3.8) is 0 Å². The van der Waals surface area contributed by atoms with E-state index in [-0.39, 0.29) is 23.7 Å². The van der Waals surface area contributed by atoms with Crippen LogP contribution < -0.4 is 5.32 Å². The fraction of sp³-hybridized carbons (Fsp3) is 1.00. The summed E-state index contributed by atoms with van der Waals surface area (Å²) in [6.45, 7) is 3.83. The molecule has 0 aromatic heterocycles. The Morgan fingerprint density at radius 3 is 1.86 bits per heavy atom. The molecule has 0 atom stereocenters. The number of morpholine rings is 1. The van der Waals surface area contributed by atoms with E-state index in [2.05, 4.69) is 5.32 Å². The summed E-state index contributed by atoms with van der Waals surface area (Å²) in [5.41, 5.74) is 0. The number of hydrogen-bond acceptors (Lipinski definition) is 2. The first-order valence-corrected chi connectivity index (χ1v) is 2.28. The maximum absolute atomic E-state index is 5.01. The average molecular weight is 217 g/mol. The quantitative estimate of drug-likeness (QED) is 0.508. The second-order valence-electron chi connectivity index (χ2n) is 1.36. The van der Waals surface area contributed by atoms with Gasteiger partial charge in [0.25, 0.3) is 0 Å². The molecule has 1 saturated heterocycles. The van der Waals surface area contributed by atoms with Gasteiger partial charge in [-0.25, -0.2) is 0 Å². The van der Waals surface area contributed by atoms with E-state index in [4.69, 9.17) is 4.74 Å². The van der Waals surface area contributed by atoms with Crippen molar-refractivity contribution in [2.45, 2.75) is 0 Å². The van der Waals surface area contributed by atoms with Crippen molar-refractivity contribution in [2.24, 2.45) is 0 Å². The molecule has 0 radical (unpaired) electrons. The Kier molecular flexibility index (Phi) is 5.35. The van der Waals surface area contributed by atoms with Gasteiger partial charge in [0.1, 0.15) is 0 Å². The van der Waals surface area contributed by atoms with Crippen molar-refractivity contribution in [1.82, 2.24) is 5.32 Å². The van der Waals surface area contributed by atoms with Crippen LogP contribution in [0.25, 0.3) is 0 Å². The standard InChI is InChI=1S/C4H9NO.H2Te/c1-3-6-4-2-5-1;/h5H,1-4H2;1H2. The van der Waals surface area contributed by atoms with Crippen LogP contribution in [0.5, 0.6) is 0 Å². The molecule has 0 bridgehead atoms. The minimum absolute atomic E-state index is 0. The van der Waals surface area contributed by atoms with Crippen molar-refractivity contribution < 1.29 is 4.74 Å². The van der Waals surface area contributed by atoms with Gasteiger partial charge in [-0.2, -0.15) is 0 Å². The molecular formula is C4H11NOTe. The molecule has 7 heavy (non-hydrogen) atoms. The topological polar surface area (TPSA) is 21.3 Å². The monoisotopic (exact) mass is 219 g/mol. The third-order valence-corrected chi connectivity index (χ3v) is 0.846. The molecule has 0 aromatic rings. The summed E-state index contributed by atoms with van der Waals surface area (Å²) in [5, 5.41) is 3.16. The minimum atomic E-state index is 0. The molecule has 1 N–H and O–H groups in total. The van der Waals surface area contributed by atoms with Gasteiger partial charge in [0, 0.05) is 13.1 Å². The Morgan fingerprint density at radius 2 is 1.71 bits per heavy atom. The molecule has 1 aliphatic heterocycles. The Morgan fingerprint density at radius 1 is 1.14 bits per heavy atom. The Labute approximate surface area is 60.3 Å². The number of hydrogen-bond donors (Lipinski definition) is 1. The first-order chi connectivity index (χ1) is 3.00. The first-order valence-electron chi connectivity index (χ1n) is 2.28. The van der Waals surface area contributed by atoms with Crippen LogP contribution in [0.3, 0.4) is 0 Å². The molecule has 44 valence electrons. The molecule has 3 heteroatoms. The van der Waals surface area contributed by atoms with Gasteiger partial charge >= 0.3 is 23.7 Å². The average Bonchev–Trinajstić information content (AvgIpc) is 1.72. The molecular weight excluding hydrogens is 206 g/mol. The number of ether oxygens (including phenoxy) is 1. The van der Waals surface area contributed by atoms with E-state index < -0.39 is 0 Å². The van der Waals surface area contributed by atoms with Crippen LogP contribution in [-0.4, -0.2) is 50.0 Å². The molecule has 1 rings (SSSR count). The predicted octanol–water partition coefficient (Wildman–Crippen LogP) is -1.31. The zero-order chi connectivity index (χ0) is 4.24. The summed E-state index contributed by atoms with van der Waals surface area (Å²) >= 11 is 0. The van der Waals surface area contributed by atoms with Crippen molar-refractivity contribution in [2.75, 3.05) is 26.3 Å². The third-order valence-electron chi connectivity index (χ3n) is 0.846. The van der Waals surface area contributed by atoms with Crippen LogP contribution in [0.4, 0.5) is 0 Å². The molecule has 0 amide bonds. The Hall–Kier alpha value is 0.710. The molecule has 0 spiro atoms. The fourth-order valence-corrected chi connectivity index (χ4v) is 0.516. The summed E-state index contributed by atoms with van der Waals surface area (Å²) in [4.78, 5) is 0. The molecule has 2 nitrogen and oxygen atoms in total. The third kappa shape index (κ3) is 3.31. The van der Waals surface area contributed by atoms with E-state index in [1.165, 1.54) is 0 Å². The van der Waals surface area contributed by atoms with E-state index in [1.54, 1.807) is 0 Å². The molecule has 1 aliphatic rings. The second-order valence-corrected chi connectivity index (χ2v) is 1.36. The van der Waals surface area contributed by atoms with Crippen LogP contribution in [0.1, 0.15) is 0 Å². The zero-order valence-electron chi connectivity index (χ0n) is 4.24. The molecule has 0 saturated carbocycles. The molecule has 1 heterocycles. The van der Waals surface area contributed by atoms with Crippen LogP contribution in [0.15, 0.2) is 0 Å². The van der Waals surface area contributed by atoms with E-state index in [0.717, 1.165) is 26.3 Å². The van der Waals surface area contributed by atoms with Crippen LogP contribution in [0, 0.1) is 0 Å². The number of rotatable bonds is 0. The number of nitrogens with one attached hydrogen (secondary N) is 1. The van der Waals surface area contributed by atoms with Gasteiger partial charge in [-0.05, 0) is 0 Å². The van der Waals surface area contributed by atoms with E-state index in [0.29, 0.717) is 0 Å². The van der Waals surface area contributed by atoms with E-state index in [1.807, 2.05) is 0 Å². The van der Waals surface area contributed by atoms with Gasteiger partial charge in [-0.3, -0.25) is 0 Å². The first kappa shape index (κ1) is 7.71.